The summed E-state index contributed by atoms with van der Waals surface area (Å²) in [6.45, 7) is 14.8. The Morgan fingerprint density at radius 2 is 0.841 bits per heavy atom. The van der Waals surface area contributed by atoms with Crippen molar-refractivity contribution in [2.75, 3.05) is 55.4 Å². The number of hydrogen-bond acceptors (Lipinski definition) is 11. The number of benzene rings is 3. The van der Waals surface area contributed by atoms with Gasteiger partial charge < -0.3 is 55.4 Å². The average Bonchev–Trinajstić information content (AvgIpc) is 1.22. The first-order valence-corrected chi connectivity index (χ1v) is 31.1. The minimum atomic E-state index is -1.69. The largest absolute Gasteiger partial charge is 0.391 e. The van der Waals surface area contributed by atoms with E-state index in [0.717, 1.165) is 11.3 Å². The number of piperidine rings is 1. The minimum Gasteiger partial charge on any atom is -0.391 e. The van der Waals surface area contributed by atoms with Crippen LogP contribution in [0.25, 0.3) is 0 Å². The van der Waals surface area contributed by atoms with Crippen LogP contribution in [-0.2, 0) is 67.2 Å². The highest BCUT2D eigenvalue weighted by Crippen LogP contribution is 2.24. The predicted octanol–water partition coefficient (Wildman–Crippen LogP) is 4.09. The van der Waals surface area contributed by atoms with Gasteiger partial charge in [-0.3, -0.25) is 47.9 Å². The summed E-state index contributed by atoms with van der Waals surface area (Å²) in [6.07, 6.45) is 0.337. The Labute approximate surface area is 521 Å². The van der Waals surface area contributed by atoms with E-state index in [4.69, 9.17) is 0 Å². The first kappa shape index (κ1) is 71.1. The quantitative estimate of drug-likeness (QED) is 0.179. The highest BCUT2D eigenvalue weighted by atomic mass is 16.3. The smallest absolute Gasteiger partial charge is 0.248 e. The zero-order valence-corrected chi connectivity index (χ0v) is 54.3. The van der Waals surface area contributed by atoms with Crippen LogP contribution in [0.15, 0.2) is 91.0 Å². The van der Waals surface area contributed by atoms with E-state index in [1.807, 2.05) is 47.6 Å². The number of carbonyl (C=O) groups excluding carboxylic acids is 10. The number of carbonyl (C=O) groups is 10. The van der Waals surface area contributed by atoms with Gasteiger partial charge in [0, 0.05) is 74.6 Å². The van der Waals surface area contributed by atoms with Crippen LogP contribution < -0.4 is 16.0 Å². The minimum absolute atomic E-state index is 0.00451. The van der Waals surface area contributed by atoms with E-state index in [1.54, 1.807) is 89.8 Å². The molecule has 0 bridgehead atoms. The summed E-state index contributed by atoms with van der Waals surface area (Å²) in [5.41, 5.74) is 1.97. The maximum Gasteiger partial charge on any atom is 0.248 e. The molecular formula is C67H98N10O11. The van der Waals surface area contributed by atoms with E-state index < -0.39 is 126 Å². The molecule has 10 amide bonds. The molecule has 5 rings (SSSR count). The van der Waals surface area contributed by atoms with Gasteiger partial charge in [0.25, 0.3) is 0 Å². The Hall–Kier alpha value is -7.68. The maximum absolute atomic E-state index is 15.4. The summed E-state index contributed by atoms with van der Waals surface area (Å²) < 4.78 is 0. The number of amides is 10. The second-order valence-corrected chi connectivity index (χ2v) is 25.4. The lowest BCUT2D eigenvalue weighted by molar-refractivity contribution is -0.153. The van der Waals surface area contributed by atoms with Crippen LogP contribution in [0.2, 0.25) is 0 Å². The van der Waals surface area contributed by atoms with Crippen molar-refractivity contribution in [3.05, 3.63) is 108 Å². The van der Waals surface area contributed by atoms with Crippen molar-refractivity contribution >= 4 is 59.1 Å². The van der Waals surface area contributed by atoms with E-state index >= 15 is 33.6 Å². The summed E-state index contributed by atoms with van der Waals surface area (Å²) in [4.78, 5) is 159. The molecule has 2 heterocycles. The number of nitrogens with one attached hydrogen (secondary N) is 3. The molecule has 3 aromatic carbocycles. The van der Waals surface area contributed by atoms with Crippen molar-refractivity contribution in [2.24, 2.45) is 17.8 Å². The molecule has 2 fully saturated rings. The van der Waals surface area contributed by atoms with Gasteiger partial charge in [-0.2, -0.15) is 0 Å². The monoisotopic (exact) mass is 1220 g/mol. The van der Waals surface area contributed by atoms with Gasteiger partial charge in [0.15, 0.2) is 0 Å². The molecule has 0 spiro atoms. The molecule has 88 heavy (non-hydrogen) atoms. The van der Waals surface area contributed by atoms with Crippen LogP contribution in [-0.4, -0.2) is 214 Å². The van der Waals surface area contributed by atoms with Crippen molar-refractivity contribution in [1.29, 1.82) is 0 Å². The van der Waals surface area contributed by atoms with Gasteiger partial charge >= 0.3 is 0 Å². The van der Waals surface area contributed by atoms with Crippen molar-refractivity contribution in [1.82, 2.24) is 50.2 Å². The van der Waals surface area contributed by atoms with Gasteiger partial charge in [0.2, 0.25) is 59.1 Å². The highest BCUT2D eigenvalue weighted by molar-refractivity contribution is 6.00. The van der Waals surface area contributed by atoms with Crippen molar-refractivity contribution in [2.45, 2.75) is 180 Å². The number of aliphatic hydroxyl groups excluding tert-OH is 1. The molecular weight excluding hydrogens is 1120 g/mol. The second-order valence-electron chi connectivity index (χ2n) is 25.4. The normalized spacial score (nSPS) is 25.0. The van der Waals surface area contributed by atoms with Gasteiger partial charge in [-0.1, -0.05) is 133 Å². The van der Waals surface area contributed by atoms with Crippen LogP contribution in [0.4, 0.5) is 0 Å². The first-order chi connectivity index (χ1) is 41.5. The second kappa shape index (κ2) is 33.1. The third-order valence-electron chi connectivity index (χ3n) is 17.1. The molecule has 10 atom stereocenters. The lowest BCUT2D eigenvalue weighted by atomic mass is 9.97. The average molecular weight is 1220 g/mol. The lowest BCUT2D eigenvalue weighted by Crippen LogP contribution is -2.63. The number of rotatable bonds is 14. The van der Waals surface area contributed by atoms with Gasteiger partial charge in [-0.25, -0.2) is 0 Å². The van der Waals surface area contributed by atoms with Gasteiger partial charge in [0.1, 0.15) is 54.4 Å². The summed E-state index contributed by atoms with van der Waals surface area (Å²) >= 11 is 0. The fraction of sp³-hybridized carbons (Fsp3) is 0.582. The van der Waals surface area contributed by atoms with Gasteiger partial charge in [0.05, 0.1) is 12.5 Å². The van der Waals surface area contributed by atoms with E-state index in [1.165, 1.54) is 80.6 Å². The van der Waals surface area contributed by atoms with Crippen LogP contribution in [0, 0.1) is 17.8 Å². The summed E-state index contributed by atoms with van der Waals surface area (Å²) in [5, 5.41) is 20.1. The number of hydrogen-bond donors (Lipinski definition) is 4. The molecule has 2 aliphatic rings. The Kier molecular flexibility index (Phi) is 26.7. The molecule has 482 valence electrons. The van der Waals surface area contributed by atoms with Crippen LogP contribution in [0.1, 0.15) is 117 Å². The number of aliphatic hydroxyl groups is 1. The van der Waals surface area contributed by atoms with Gasteiger partial charge in [-0.15, -0.1) is 0 Å². The maximum atomic E-state index is 15.4. The number of likely N-dealkylation sites (tertiary alicyclic amines) is 1. The van der Waals surface area contributed by atoms with E-state index in [-0.39, 0.29) is 56.3 Å². The number of nitrogens with zero attached hydrogens (tertiary/aromatic N) is 7. The molecule has 0 aromatic heterocycles. The topological polar surface area (TPSA) is 250 Å². The summed E-state index contributed by atoms with van der Waals surface area (Å²) in [7, 11) is 8.57. The summed E-state index contributed by atoms with van der Waals surface area (Å²) in [6, 6.07) is 14.8. The molecule has 3 aromatic rings. The van der Waals surface area contributed by atoms with Gasteiger partial charge in [-0.05, 0) is 86.8 Å². The molecule has 21 nitrogen and oxygen atoms in total. The summed E-state index contributed by atoms with van der Waals surface area (Å²) in [5.74, 6) is -7.43. The first-order valence-electron chi connectivity index (χ1n) is 31.1. The lowest BCUT2D eigenvalue weighted by Gasteiger charge is -2.39. The Bertz CT molecular complexity index is 2850. The van der Waals surface area contributed by atoms with E-state index in [2.05, 4.69) is 16.0 Å². The molecule has 1 unspecified atom stereocenters. The molecule has 0 saturated carbocycles. The predicted molar refractivity (Wildman–Crippen MR) is 336 cm³/mol. The van der Waals surface area contributed by atoms with E-state index in [0.29, 0.717) is 42.6 Å². The molecule has 2 aliphatic heterocycles. The Balaban J connectivity index is 1.72. The molecule has 0 radical (unpaired) electrons. The third kappa shape index (κ3) is 19.2. The van der Waals surface area contributed by atoms with Crippen LogP contribution in [0.5, 0.6) is 0 Å². The SMILES string of the molecule is CC(C)C[C@@H]1NC(=O)[C@H](Cc2ccccc2)N(C)C(=O)[C@H](CC(C)C)N(C)C(=O)[C@@H](C)N(C)C(=O)C[C@@H](C(=O)N2CCCCC2)NC(=O)[C@H](CC(C)C)N(C)C(=O)[C@H](Cc2ccccc2)N(C)C(=O)C([C@@H](C)O)NC(=O)[C@H](Cc2ccccc2)N(C)C1=O. The highest BCUT2D eigenvalue weighted by Gasteiger charge is 2.44. The zero-order valence-electron chi connectivity index (χ0n) is 54.3. The molecule has 4 N–H and O–H groups in total. The molecule has 0 aliphatic carbocycles. The van der Waals surface area contributed by atoms with Crippen LogP contribution >= 0.6 is 0 Å². The Morgan fingerprint density at radius 3 is 1.31 bits per heavy atom. The Morgan fingerprint density at radius 1 is 0.455 bits per heavy atom. The van der Waals surface area contributed by atoms with Crippen LogP contribution in [0.3, 0.4) is 0 Å². The zero-order chi connectivity index (χ0) is 65.3. The number of likely N-dealkylation sites (N-methyl/N-ethyl adjacent to an activating group) is 6. The van der Waals surface area contributed by atoms with Crippen molar-refractivity contribution < 1.29 is 53.1 Å². The van der Waals surface area contributed by atoms with Crippen molar-refractivity contribution in [3.8, 4) is 0 Å². The third-order valence-corrected chi connectivity index (χ3v) is 17.1. The molecule has 2 saturated heterocycles. The molecule has 21 heteroatoms. The fourth-order valence-electron chi connectivity index (χ4n) is 11.6. The standard InChI is InChI=1S/C67H98N10O11/c1-42(2)35-50-63(84)72(10)54(39-48-29-21-16-22-30-48)61(82)70-58(46(8)78)67(88)76(14)56(40-49-31-23-17-24-32-49)66(87)73(11)52(36-43(3)4)59(80)69-51(64(85)77-33-25-18-26-34-77)41-57(79)71(9)45(7)62(83)75(13)55(37-44(5)6)65(86)74(12)53(60(81)68-50)38-47-27-19-15-20-28-47/h15-17,19-24,27-32,42-46,50-56,58,78H,18,25-26,33-41H2,1-14H3,(H,68,81)(H,69,80)(H,70,82)/t45-,46-,50+,51+,52+,53+,54+,55+,56+,58?/m1/s1. The fourth-order valence-corrected chi connectivity index (χ4v) is 11.6. The van der Waals surface area contributed by atoms with Crippen molar-refractivity contribution in [3.63, 3.8) is 0 Å². The van der Waals surface area contributed by atoms with E-state index in [9.17, 15) is 19.5 Å².